The van der Waals surface area contributed by atoms with Crippen molar-refractivity contribution in [3.8, 4) is 23.1 Å². The molecule has 2 aromatic heterocycles. The fourth-order valence-corrected chi connectivity index (χ4v) is 2.98. The van der Waals surface area contributed by atoms with Crippen LogP contribution in [-0.4, -0.2) is 40.4 Å². The van der Waals surface area contributed by atoms with Gasteiger partial charge in [-0.2, -0.15) is 0 Å². The van der Waals surface area contributed by atoms with E-state index in [1.807, 2.05) is 12.1 Å². The van der Waals surface area contributed by atoms with E-state index in [1.165, 1.54) is 19.0 Å². The lowest BCUT2D eigenvalue weighted by atomic mass is 10.2. The number of pyridine rings is 1. The van der Waals surface area contributed by atoms with Gasteiger partial charge in [-0.25, -0.2) is 14.8 Å². The lowest BCUT2D eigenvalue weighted by Gasteiger charge is -2.11. The van der Waals surface area contributed by atoms with Crippen LogP contribution in [0.3, 0.4) is 0 Å². The molecule has 4 rings (SSSR count). The number of aromatic nitrogens is 2. The summed E-state index contributed by atoms with van der Waals surface area (Å²) in [5.74, 6) is 2.08. The molecule has 1 aliphatic rings. The molecule has 9 heteroatoms. The predicted molar refractivity (Wildman–Crippen MR) is 107 cm³/mol. The van der Waals surface area contributed by atoms with Gasteiger partial charge < -0.3 is 24.3 Å². The van der Waals surface area contributed by atoms with E-state index >= 15 is 0 Å². The molecule has 0 radical (unpaired) electrons. The second kappa shape index (κ2) is 8.16. The van der Waals surface area contributed by atoms with Crippen LogP contribution in [0.2, 0.25) is 5.02 Å². The zero-order valence-electron chi connectivity index (χ0n) is 15.7. The number of oxazole rings is 1. The third-order valence-corrected chi connectivity index (χ3v) is 4.77. The highest BCUT2D eigenvalue weighted by atomic mass is 35.5. The molecular formula is C20H20ClN3O5. The van der Waals surface area contributed by atoms with Gasteiger partial charge in [0.05, 0.1) is 29.4 Å². The van der Waals surface area contributed by atoms with Crippen LogP contribution < -0.4 is 14.8 Å². The van der Waals surface area contributed by atoms with Crippen molar-refractivity contribution in [3.63, 3.8) is 0 Å². The average molecular weight is 418 g/mol. The van der Waals surface area contributed by atoms with Crippen molar-refractivity contribution < 1.29 is 23.8 Å². The summed E-state index contributed by atoms with van der Waals surface area (Å²) in [7, 11) is 0. The van der Waals surface area contributed by atoms with Crippen molar-refractivity contribution in [2.75, 3.05) is 13.2 Å². The Balaban J connectivity index is 1.47. The summed E-state index contributed by atoms with van der Waals surface area (Å²) in [5, 5.41) is 11.5. The van der Waals surface area contributed by atoms with Gasteiger partial charge in [0.15, 0.2) is 5.58 Å². The van der Waals surface area contributed by atoms with E-state index in [2.05, 4.69) is 15.3 Å². The molecule has 152 valence electrons. The maximum absolute atomic E-state index is 10.6. The predicted octanol–water partition coefficient (Wildman–Crippen LogP) is 4.37. The minimum Gasteiger partial charge on any atom is -0.493 e. The first kappa shape index (κ1) is 19.3. The van der Waals surface area contributed by atoms with Crippen molar-refractivity contribution in [2.45, 2.75) is 25.8 Å². The maximum atomic E-state index is 10.6. The van der Waals surface area contributed by atoms with Crippen molar-refractivity contribution in [1.29, 1.82) is 0 Å². The molecule has 1 aromatic carbocycles. The first-order valence-corrected chi connectivity index (χ1v) is 9.67. The van der Waals surface area contributed by atoms with E-state index in [1.54, 1.807) is 19.1 Å². The van der Waals surface area contributed by atoms with Crippen LogP contribution in [0.1, 0.15) is 19.8 Å². The highest BCUT2D eigenvalue weighted by Gasteiger charge is 2.22. The Morgan fingerprint density at radius 3 is 2.93 bits per heavy atom. The normalized spacial score (nSPS) is 14.6. The second-order valence-corrected chi connectivity index (χ2v) is 7.47. The molecule has 1 atom stereocenters. The molecule has 1 amide bonds. The van der Waals surface area contributed by atoms with Crippen LogP contribution in [0, 0.1) is 5.92 Å². The Morgan fingerprint density at radius 2 is 2.21 bits per heavy atom. The molecule has 1 aliphatic carbocycles. The molecule has 3 aromatic rings. The maximum Gasteiger partial charge on any atom is 0.404 e. The lowest BCUT2D eigenvalue weighted by molar-refractivity contribution is 0.182. The van der Waals surface area contributed by atoms with Crippen molar-refractivity contribution in [1.82, 2.24) is 15.3 Å². The highest BCUT2D eigenvalue weighted by molar-refractivity contribution is 6.33. The number of amides is 1. The standard InChI is InChI=1S/C20H20ClN3O5/c1-11(23-20(25)26)9-28-18-7-17-16(8-22-18)24-19(29-17)14-5-4-13(6-15(14)21)27-10-12-2-3-12/h4-8,11-12,23H,2-3,9-10H2,1H3,(H,25,26)/t11-/m0/s1. The van der Waals surface area contributed by atoms with Gasteiger partial charge in [0.2, 0.25) is 11.8 Å². The zero-order valence-corrected chi connectivity index (χ0v) is 16.5. The van der Waals surface area contributed by atoms with E-state index in [0.29, 0.717) is 46.0 Å². The molecule has 29 heavy (non-hydrogen) atoms. The molecule has 0 spiro atoms. The van der Waals surface area contributed by atoms with Crippen LogP contribution >= 0.6 is 11.6 Å². The van der Waals surface area contributed by atoms with Gasteiger partial charge in [0, 0.05) is 6.07 Å². The summed E-state index contributed by atoms with van der Waals surface area (Å²) < 4.78 is 17.1. The molecule has 8 nitrogen and oxygen atoms in total. The van der Waals surface area contributed by atoms with E-state index in [0.717, 1.165) is 5.75 Å². The lowest BCUT2D eigenvalue weighted by Crippen LogP contribution is -2.35. The van der Waals surface area contributed by atoms with Gasteiger partial charge in [-0.1, -0.05) is 11.6 Å². The van der Waals surface area contributed by atoms with Crippen LogP contribution in [-0.2, 0) is 0 Å². The van der Waals surface area contributed by atoms with Gasteiger partial charge in [-0.15, -0.1) is 0 Å². The number of hydrogen-bond donors (Lipinski definition) is 2. The second-order valence-electron chi connectivity index (χ2n) is 7.07. The first-order valence-electron chi connectivity index (χ1n) is 9.29. The van der Waals surface area contributed by atoms with Gasteiger partial charge in [0.1, 0.15) is 17.9 Å². The SMILES string of the molecule is C[C@@H](COc1cc2oc(-c3ccc(OCC4CC4)cc3Cl)nc2cn1)NC(=O)O. The third kappa shape index (κ3) is 4.89. The molecule has 0 unspecified atom stereocenters. The minimum absolute atomic E-state index is 0.139. The van der Waals surface area contributed by atoms with Crippen LogP contribution in [0.15, 0.2) is 34.9 Å². The molecule has 0 bridgehead atoms. The number of nitrogens with one attached hydrogen (secondary N) is 1. The van der Waals surface area contributed by atoms with Crippen molar-refractivity contribution in [2.24, 2.45) is 5.92 Å². The van der Waals surface area contributed by atoms with Crippen molar-refractivity contribution >= 4 is 28.8 Å². The molecule has 2 N–H and O–H groups in total. The van der Waals surface area contributed by atoms with Crippen LogP contribution in [0.5, 0.6) is 11.6 Å². The van der Waals surface area contributed by atoms with Crippen LogP contribution in [0.25, 0.3) is 22.6 Å². The third-order valence-electron chi connectivity index (χ3n) is 4.45. The Hall–Kier alpha value is -3.00. The van der Waals surface area contributed by atoms with Crippen LogP contribution in [0.4, 0.5) is 4.79 Å². The summed E-state index contributed by atoms with van der Waals surface area (Å²) in [5.41, 5.74) is 1.71. The molecule has 2 heterocycles. The quantitative estimate of drug-likeness (QED) is 0.560. The largest absolute Gasteiger partial charge is 0.493 e. The number of carboxylic acid groups (broad SMARTS) is 1. The summed E-state index contributed by atoms with van der Waals surface area (Å²) >= 11 is 6.40. The number of rotatable bonds is 8. The summed E-state index contributed by atoms with van der Waals surface area (Å²) in [6.45, 7) is 2.55. The Morgan fingerprint density at radius 1 is 1.38 bits per heavy atom. The number of carbonyl (C=O) groups is 1. The smallest absolute Gasteiger partial charge is 0.404 e. The Labute approximate surface area is 171 Å². The van der Waals surface area contributed by atoms with Crippen molar-refractivity contribution in [3.05, 3.63) is 35.5 Å². The van der Waals surface area contributed by atoms with E-state index < -0.39 is 6.09 Å². The van der Waals surface area contributed by atoms with Gasteiger partial charge in [-0.3, -0.25) is 0 Å². The number of benzene rings is 1. The number of nitrogens with zero attached hydrogens (tertiary/aromatic N) is 2. The monoisotopic (exact) mass is 417 g/mol. The van der Waals surface area contributed by atoms with E-state index in [9.17, 15) is 4.79 Å². The summed E-state index contributed by atoms with van der Waals surface area (Å²) in [4.78, 5) is 19.2. The molecule has 0 aliphatic heterocycles. The van der Waals surface area contributed by atoms with Gasteiger partial charge in [0.25, 0.3) is 0 Å². The summed E-state index contributed by atoms with van der Waals surface area (Å²) in [6.07, 6.45) is 2.88. The first-order chi connectivity index (χ1) is 14.0. The Bertz CT molecular complexity index is 1030. The highest BCUT2D eigenvalue weighted by Crippen LogP contribution is 2.34. The van der Waals surface area contributed by atoms with Gasteiger partial charge >= 0.3 is 6.09 Å². The van der Waals surface area contributed by atoms with E-state index in [-0.39, 0.29) is 12.6 Å². The number of fused-ring (bicyclic) bond motifs is 1. The topological polar surface area (TPSA) is 107 Å². The summed E-state index contributed by atoms with van der Waals surface area (Å²) in [6, 6.07) is 6.66. The molecule has 1 fully saturated rings. The number of halogens is 1. The molecule has 0 saturated heterocycles. The Kier molecular flexibility index (Phi) is 5.44. The number of hydrogen-bond acceptors (Lipinski definition) is 6. The molecular weight excluding hydrogens is 398 g/mol. The fourth-order valence-electron chi connectivity index (χ4n) is 2.73. The zero-order chi connectivity index (χ0) is 20.4. The fraction of sp³-hybridized carbons (Fsp3) is 0.350. The van der Waals surface area contributed by atoms with Gasteiger partial charge in [-0.05, 0) is 43.9 Å². The molecule has 1 saturated carbocycles. The average Bonchev–Trinajstić information content (AvgIpc) is 3.41. The number of ether oxygens (including phenoxy) is 2. The van der Waals surface area contributed by atoms with E-state index in [4.69, 9.17) is 30.6 Å². The minimum atomic E-state index is -1.11.